The lowest BCUT2D eigenvalue weighted by atomic mass is 10.1. The molecule has 3 rings (SSSR count). The molecule has 1 saturated heterocycles. The van der Waals surface area contributed by atoms with Crippen LogP contribution in [0, 0.1) is 11.6 Å². The van der Waals surface area contributed by atoms with Crippen molar-refractivity contribution in [3.63, 3.8) is 0 Å². The first-order valence-corrected chi connectivity index (χ1v) is 6.90. The third kappa shape index (κ3) is 2.72. The second-order valence-electron chi connectivity index (χ2n) is 5.16. The second kappa shape index (κ2) is 5.71. The van der Waals surface area contributed by atoms with E-state index >= 15 is 0 Å². The SMILES string of the molecule is Fc1ccc(Cc2nccn2C2CCNCC2)cc1F. The first-order chi connectivity index (χ1) is 9.74. The van der Waals surface area contributed by atoms with Crippen LogP contribution in [0.1, 0.15) is 30.3 Å². The first-order valence-electron chi connectivity index (χ1n) is 6.90. The summed E-state index contributed by atoms with van der Waals surface area (Å²) in [6.45, 7) is 2.01. The van der Waals surface area contributed by atoms with Gasteiger partial charge in [0.25, 0.3) is 0 Å². The van der Waals surface area contributed by atoms with E-state index in [-0.39, 0.29) is 0 Å². The van der Waals surface area contributed by atoms with E-state index in [1.54, 1.807) is 12.3 Å². The number of aromatic nitrogens is 2. The zero-order valence-electron chi connectivity index (χ0n) is 11.1. The van der Waals surface area contributed by atoms with Crippen molar-refractivity contribution < 1.29 is 8.78 Å². The van der Waals surface area contributed by atoms with Crippen molar-refractivity contribution >= 4 is 0 Å². The van der Waals surface area contributed by atoms with Crippen molar-refractivity contribution in [1.82, 2.24) is 14.9 Å². The number of benzene rings is 1. The Balaban J connectivity index is 1.80. The molecule has 3 nitrogen and oxygen atoms in total. The highest BCUT2D eigenvalue weighted by Gasteiger charge is 2.17. The molecule has 0 amide bonds. The van der Waals surface area contributed by atoms with Crippen LogP contribution in [-0.2, 0) is 6.42 Å². The molecule has 0 bridgehead atoms. The fourth-order valence-electron chi connectivity index (χ4n) is 2.73. The topological polar surface area (TPSA) is 29.9 Å². The van der Waals surface area contributed by atoms with Crippen LogP contribution in [0.2, 0.25) is 0 Å². The summed E-state index contributed by atoms with van der Waals surface area (Å²) < 4.78 is 28.4. The zero-order chi connectivity index (χ0) is 13.9. The smallest absolute Gasteiger partial charge is 0.159 e. The minimum absolute atomic E-state index is 0.444. The van der Waals surface area contributed by atoms with Gasteiger partial charge in [-0.1, -0.05) is 6.07 Å². The molecule has 1 aliphatic heterocycles. The highest BCUT2D eigenvalue weighted by molar-refractivity contribution is 5.21. The molecule has 1 aromatic carbocycles. The van der Waals surface area contributed by atoms with E-state index in [0.29, 0.717) is 12.5 Å². The standard InChI is InChI=1S/C15H17F2N3/c16-13-2-1-11(9-14(13)17)10-15-19-7-8-20(15)12-3-5-18-6-4-12/h1-2,7-9,12,18H,3-6,10H2. The van der Waals surface area contributed by atoms with Crippen molar-refractivity contribution in [3.8, 4) is 0 Å². The molecular formula is C15H17F2N3. The van der Waals surface area contributed by atoms with E-state index in [9.17, 15) is 8.78 Å². The highest BCUT2D eigenvalue weighted by atomic mass is 19.2. The van der Waals surface area contributed by atoms with Crippen LogP contribution in [0.5, 0.6) is 0 Å². The number of nitrogens with one attached hydrogen (secondary N) is 1. The normalized spacial score (nSPS) is 16.5. The predicted molar refractivity (Wildman–Crippen MR) is 72.5 cm³/mol. The number of imidazole rings is 1. The van der Waals surface area contributed by atoms with Gasteiger partial charge in [-0.2, -0.15) is 0 Å². The van der Waals surface area contributed by atoms with Crippen molar-refractivity contribution in [1.29, 1.82) is 0 Å². The van der Waals surface area contributed by atoms with Gasteiger partial charge >= 0.3 is 0 Å². The maximum Gasteiger partial charge on any atom is 0.159 e. The Bertz CT molecular complexity index is 589. The van der Waals surface area contributed by atoms with E-state index in [2.05, 4.69) is 14.9 Å². The van der Waals surface area contributed by atoms with Gasteiger partial charge in [0, 0.05) is 24.9 Å². The molecule has 2 aromatic rings. The summed E-state index contributed by atoms with van der Waals surface area (Å²) in [4.78, 5) is 4.37. The Morgan fingerprint density at radius 3 is 2.75 bits per heavy atom. The molecule has 2 heterocycles. The Kier molecular flexibility index (Phi) is 3.78. The molecule has 1 fully saturated rings. The summed E-state index contributed by atoms with van der Waals surface area (Å²) in [5.74, 6) is -0.708. The van der Waals surface area contributed by atoms with Crippen molar-refractivity contribution in [2.75, 3.05) is 13.1 Å². The Morgan fingerprint density at radius 1 is 1.20 bits per heavy atom. The van der Waals surface area contributed by atoms with Crippen LogP contribution < -0.4 is 5.32 Å². The van der Waals surface area contributed by atoms with Crippen LogP contribution in [-0.4, -0.2) is 22.6 Å². The summed E-state index contributed by atoms with van der Waals surface area (Å²) in [7, 11) is 0. The molecule has 1 N–H and O–H groups in total. The fraction of sp³-hybridized carbons (Fsp3) is 0.400. The van der Waals surface area contributed by atoms with E-state index in [4.69, 9.17) is 0 Å². The Morgan fingerprint density at radius 2 is 2.00 bits per heavy atom. The maximum atomic E-state index is 13.3. The third-order valence-electron chi connectivity index (χ3n) is 3.80. The van der Waals surface area contributed by atoms with E-state index in [1.807, 2.05) is 6.20 Å². The van der Waals surface area contributed by atoms with Gasteiger partial charge in [0.1, 0.15) is 5.82 Å². The molecular weight excluding hydrogens is 260 g/mol. The highest BCUT2D eigenvalue weighted by Crippen LogP contribution is 2.21. The summed E-state index contributed by atoms with van der Waals surface area (Å²) in [5.41, 5.74) is 0.741. The van der Waals surface area contributed by atoms with E-state index in [1.165, 1.54) is 12.1 Å². The molecule has 5 heteroatoms. The zero-order valence-corrected chi connectivity index (χ0v) is 11.1. The van der Waals surface area contributed by atoms with Gasteiger partial charge in [0.15, 0.2) is 11.6 Å². The summed E-state index contributed by atoms with van der Waals surface area (Å²) in [5, 5.41) is 3.33. The first kappa shape index (κ1) is 13.2. The predicted octanol–water partition coefficient (Wildman–Crippen LogP) is 2.68. The largest absolute Gasteiger partial charge is 0.332 e. The monoisotopic (exact) mass is 277 g/mol. The molecule has 0 aliphatic carbocycles. The number of piperidine rings is 1. The Hall–Kier alpha value is -1.75. The second-order valence-corrected chi connectivity index (χ2v) is 5.16. The number of hydrogen-bond donors (Lipinski definition) is 1. The van der Waals surface area contributed by atoms with Gasteiger partial charge in [0.05, 0.1) is 0 Å². The fourth-order valence-corrected chi connectivity index (χ4v) is 2.73. The number of rotatable bonds is 3. The minimum atomic E-state index is -0.810. The molecule has 20 heavy (non-hydrogen) atoms. The van der Waals surface area contributed by atoms with Crippen molar-refractivity contribution in [2.45, 2.75) is 25.3 Å². The average Bonchev–Trinajstić information content (AvgIpc) is 2.92. The quantitative estimate of drug-likeness (QED) is 0.934. The Labute approximate surface area is 116 Å². The summed E-state index contributed by atoms with van der Waals surface area (Å²) in [6.07, 6.45) is 6.42. The molecule has 0 radical (unpaired) electrons. The van der Waals surface area contributed by atoms with Crippen LogP contribution >= 0.6 is 0 Å². The van der Waals surface area contributed by atoms with E-state index < -0.39 is 11.6 Å². The van der Waals surface area contributed by atoms with E-state index in [0.717, 1.165) is 37.3 Å². The summed E-state index contributed by atoms with van der Waals surface area (Å²) in [6, 6.07) is 4.47. The molecule has 0 unspecified atom stereocenters. The van der Waals surface area contributed by atoms with Gasteiger partial charge in [-0.15, -0.1) is 0 Å². The third-order valence-corrected chi connectivity index (χ3v) is 3.80. The number of halogens is 2. The van der Waals surface area contributed by atoms with Gasteiger partial charge < -0.3 is 9.88 Å². The van der Waals surface area contributed by atoms with Crippen LogP contribution in [0.15, 0.2) is 30.6 Å². The summed E-state index contributed by atoms with van der Waals surface area (Å²) >= 11 is 0. The van der Waals surface area contributed by atoms with Gasteiger partial charge in [-0.05, 0) is 43.6 Å². The molecule has 0 saturated carbocycles. The number of nitrogens with zero attached hydrogens (tertiary/aromatic N) is 2. The van der Waals surface area contributed by atoms with Gasteiger partial charge in [0.2, 0.25) is 0 Å². The average molecular weight is 277 g/mol. The minimum Gasteiger partial charge on any atom is -0.332 e. The molecule has 106 valence electrons. The maximum absolute atomic E-state index is 13.3. The lowest BCUT2D eigenvalue weighted by molar-refractivity contribution is 0.361. The van der Waals surface area contributed by atoms with Crippen LogP contribution in [0.3, 0.4) is 0 Å². The lowest BCUT2D eigenvalue weighted by Crippen LogP contribution is -2.29. The van der Waals surface area contributed by atoms with Crippen molar-refractivity contribution in [2.24, 2.45) is 0 Å². The molecule has 1 aromatic heterocycles. The van der Waals surface area contributed by atoms with Crippen LogP contribution in [0.4, 0.5) is 8.78 Å². The lowest BCUT2D eigenvalue weighted by Gasteiger charge is -2.25. The molecule has 0 spiro atoms. The van der Waals surface area contributed by atoms with Crippen LogP contribution in [0.25, 0.3) is 0 Å². The molecule has 1 aliphatic rings. The van der Waals surface area contributed by atoms with Gasteiger partial charge in [-0.25, -0.2) is 13.8 Å². The molecule has 0 atom stereocenters. The van der Waals surface area contributed by atoms with Crippen molar-refractivity contribution in [3.05, 3.63) is 53.6 Å². The van der Waals surface area contributed by atoms with Gasteiger partial charge in [-0.3, -0.25) is 0 Å². The number of hydrogen-bond acceptors (Lipinski definition) is 2.